The van der Waals surface area contributed by atoms with Gasteiger partial charge in [0.15, 0.2) is 17.5 Å². The van der Waals surface area contributed by atoms with Gasteiger partial charge in [-0.05, 0) is 70.8 Å². The number of ether oxygens (including phenoxy) is 1. The molecule has 1 aliphatic heterocycles. The van der Waals surface area contributed by atoms with E-state index in [1.807, 2.05) is 47.7 Å². The molecular weight excluding hydrogens is 801 g/mol. The Balaban J connectivity index is 1.07. The van der Waals surface area contributed by atoms with Gasteiger partial charge in [-0.3, -0.25) is 0 Å². The maximum absolute atomic E-state index is 6.72. The summed E-state index contributed by atoms with van der Waals surface area (Å²) in [6, 6.07) is 73.6. The lowest BCUT2D eigenvalue weighted by atomic mass is 9.66. The standard InChI is InChI=1S/C58H34N4OS/c1-3-15-35(16-4-1)55-59-56(36-17-5-2-6-18-36)61-57(60-55)37-27-30-44-42(33-37)43-34-38(28-31-45(43)58(44)46-21-9-12-24-49(46)63-50-25-13-10-22-47(50)58)62-48-23-11-7-19-39(48)40-29-32-52-53(54(40)62)41-20-8-14-26-51(41)64-52/h1-34H. The first-order chi connectivity index (χ1) is 31.7. The SMILES string of the molecule is c1ccc(-c2nc(-c3ccccc3)nc(-c3ccc4c(c3)-c3cc(-n5c6ccccc6c6ccc7sc8ccccc8c7c65)ccc3C43c4ccccc4Oc4ccccc43)n2)cc1. The predicted octanol–water partition coefficient (Wildman–Crippen LogP) is 14.8. The maximum Gasteiger partial charge on any atom is 0.164 e. The van der Waals surface area contributed by atoms with Crippen molar-refractivity contribution in [1.82, 2.24) is 19.5 Å². The molecule has 6 heteroatoms. The second kappa shape index (κ2) is 13.4. The van der Waals surface area contributed by atoms with E-state index in [1.54, 1.807) is 0 Å². The van der Waals surface area contributed by atoms with Crippen LogP contribution in [-0.2, 0) is 5.41 Å². The van der Waals surface area contributed by atoms with Crippen LogP contribution in [0.4, 0.5) is 0 Å². The number of thiophene rings is 1. The van der Waals surface area contributed by atoms with Gasteiger partial charge < -0.3 is 9.30 Å². The molecule has 0 radical (unpaired) electrons. The molecule has 64 heavy (non-hydrogen) atoms. The van der Waals surface area contributed by atoms with Gasteiger partial charge in [-0.1, -0.05) is 158 Å². The predicted molar refractivity (Wildman–Crippen MR) is 261 cm³/mol. The molecule has 14 rings (SSSR count). The van der Waals surface area contributed by atoms with E-state index < -0.39 is 5.41 Å². The van der Waals surface area contributed by atoms with Crippen LogP contribution >= 0.6 is 11.3 Å². The van der Waals surface area contributed by atoms with Gasteiger partial charge in [0.1, 0.15) is 11.5 Å². The minimum absolute atomic E-state index is 0.621. The molecular formula is C58H34N4OS. The Morgan fingerprint density at radius 1 is 0.406 bits per heavy atom. The van der Waals surface area contributed by atoms with E-state index in [1.165, 1.54) is 53.1 Å². The molecule has 4 heterocycles. The fraction of sp³-hybridized carbons (Fsp3) is 0.0172. The van der Waals surface area contributed by atoms with Gasteiger partial charge in [-0.15, -0.1) is 11.3 Å². The molecule has 0 N–H and O–H groups in total. The van der Waals surface area contributed by atoms with Crippen LogP contribution in [0.5, 0.6) is 11.5 Å². The summed E-state index contributed by atoms with van der Waals surface area (Å²) >= 11 is 1.86. The quantitative estimate of drug-likeness (QED) is 0.177. The molecule has 12 aromatic rings. The van der Waals surface area contributed by atoms with Crippen molar-refractivity contribution in [2.75, 3.05) is 0 Å². The van der Waals surface area contributed by atoms with Crippen molar-refractivity contribution in [2.24, 2.45) is 0 Å². The second-order valence-electron chi connectivity index (χ2n) is 16.7. The third-order valence-electron chi connectivity index (χ3n) is 13.3. The van der Waals surface area contributed by atoms with E-state index in [-0.39, 0.29) is 0 Å². The molecule has 1 aliphatic carbocycles. The van der Waals surface area contributed by atoms with Gasteiger partial charge in [0.25, 0.3) is 0 Å². The smallest absolute Gasteiger partial charge is 0.164 e. The molecule has 0 saturated carbocycles. The Morgan fingerprint density at radius 2 is 0.969 bits per heavy atom. The molecule has 0 bridgehead atoms. The number of hydrogen-bond acceptors (Lipinski definition) is 5. The van der Waals surface area contributed by atoms with Crippen molar-refractivity contribution in [3.8, 4) is 62.5 Å². The average molecular weight is 835 g/mol. The normalized spacial score (nSPS) is 13.2. The molecule has 0 amide bonds. The second-order valence-corrected chi connectivity index (χ2v) is 17.7. The van der Waals surface area contributed by atoms with Crippen molar-refractivity contribution in [3.05, 3.63) is 229 Å². The maximum atomic E-state index is 6.72. The number of hydrogen-bond donors (Lipinski definition) is 0. The van der Waals surface area contributed by atoms with Crippen LogP contribution in [0.1, 0.15) is 22.3 Å². The topological polar surface area (TPSA) is 52.8 Å². The molecule has 3 aromatic heterocycles. The van der Waals surface area contributed by atoms with Gasteiger partial charge >= 0.3 is 0 Å². The van der Waals surface area contributed by atoms with Crippen molar-refractivity contribution in [3.63, 3.8) is 0 Å². The molecule has 2 aliphatic rings. The number of rotatable bonds is 4. The number of para-hydroxylation sites is 3. The Bertz CT molecular complexity index is 3790. The fourth-order valence-corrected chi connectivity index (χ4v) is 11.8. The summed E-state index contributed by atoms with van der Waals surface area (Å²) in [5.74, 6) is 3.61. The molecule has 5 nitrogen and oxygen atoms in total. The van der Waals surface area contributed by atoms with Crippen LogP contribution in [0.3, 0.4) is 0 Å². The highest BCUT2D eigenvalue weighted by Crippen LogP contribution is 2.62. The zero-order valence-electron chi connectivity index (χ0n) is 34.2. The molecule has 0 atom stereocenters. The molecule has 0 saturated heterocycles. The minimum atomic E-state index is -0.645. The number of aromatic nitrogens is 4. The first-order valence-electron chi connectivity index (χ1n) is 21.6. The van der Waals surface area contributed by atoms with Crippen LogP contribution in [0.15, 0.2) is 206 Å². The third kappa shape index (κ3) is 4.91. The summed E-state index contributed by atoms with van der Waals surface area (Å²) in [4.78, 5) is 15.4. The summed E-state index contributed by atoms with van der Waals surface area (Å²) in [6.45, 7) is 0. The van der Waals surface area contributed by atoms with Crippen molar-refractivity contribution >= 4 is 53.3 Å². The number of nitrogens with zero attached hydrogens (tertiary/aromatic N) is 4. The van der Waals surface area contributed by atoms with E-state index >= 15 is 0 Å². The summed E-state index contributed by atoms with van der Waals surface area (Å²) in [5.41, 5.74) is 12.6. The monoisotopic (exact) mass is 834 g/mol. The highest BCUT2D eigenvalue weighted by atomic mass is 32.1. The highest BCUT2D eigenvalue weighted by molar-refractivity contribution is 7.26. The van der Waals surface area contributed by atoms with Crippen LogP contribution < -0.4 is 4.74 Å². The molecule has 0 fully saturated rings. The zero-order valence-corrected chi connectivity index (χ0v) is 35.1. The summed E-state index contributed by atoms with van der Waals surface area (Å²) in [7, 11) is 0. The number of fused-ring (bicyclic) bond motifs is 16. The lowest BCUT2D eigenvalue weighted by Gasteiger charge is -2.39. The zero-order chi connectivity index (χ0) is 41.9. The van der Waals surface area contributed by atoms with Gasteiger partial charge in [-0.2, -0.15) is 0 Å². The van der Waals surface area contributed by atoms with E-state index in [9.17, 15) is 0 Å². The van der Waals surface area contributed by atoms with E-state index in [4.69, 9.17) is 19.7 Å². The van der Waals surface area contributed by atoms with Gasteiger partial charge in [0.2, 0.25) is 0 Å². The first-order valence-corrected chi connectivity index (χ1v) is 22.4. The Labute approximate surface area is 372 Å². The van der Waals surface area contributed by atoms with Crippen LogP contribution in [-0.4, -0.2) is 19.5 Å². The first kappa shape index (κ1) is 35.4. The summed E-state index contributed by atoms with van der Waals surface area (Å²) in [6.07, 6.45) is 0. The molecule has 9 aromatic carbocycles. The van der Waals surface area contributed by atoms with Crippen molar-refractivity contribution in [1.29, 1.82) is 0 Å². The van der Waals surface area contributed by atoms with Gasteiger partial charge in [0.05, 0.1) is 16.4 Å². The van der Waals surface area contributed by atoms with Gasteiger partial charge in [0, 0.05) is 64.4 Å². The highest BCUT2D eigenvalue weighted by Gasteiger charge is 2.51. The Hall–Kier alpha value is -8.19. The van der Waals surface area contributed by atoms with Crippen molar-refractivity contribution in [2.45, 2.75) is 5.41 Å². The number of benzene rings is 9. The average Bonchev–Trinajstić information content (AvgIpc) is 4.00. The molecule has 0 unspecified atom stereocenters. The van der Waals surface area contributed by atoms with Crippen LogP contribution in [0, 0.1) is 0 Å². The fourth-order valence-electron chi connectivity index (χ4n) is 10.6. The Kier molecular flexibility index (Phi) is 7.42. The van der Waals surface area contributed by atoms with E-state index in [0.717, 1.165) is 56.1 Å². The third-order valence-corrected chi connectivity index (χ3v) is 14.4. The van der Waals surface area contributed by atoms with E-state index in [2.05, 4.69) is 174 Å². The summed E-state index contributed by atoms with van der Waals surface area (Å²) < 4.78 is 11.8. The Morgan fingerprint density at radius 3 is 1.67 bits per heavy atom. The van der Waals surface area contributed by atoms with Crippen molar-refractivity contribution < 1.29 is 4.74 Å². The van der Waals surface area contributed by atoms with E-state index in [0.29, 0.717) is 17.5 Å². The lowest BCUT2D eigenvalue weighted by Crippen LogP contribution is -2.32. The minimum Gasteiger partial charge on any atom is -0.457 e. The van der Waals surface area contributed by atoms with Gasteiger partial charge in [-0.25, -0.2) is 15.0 Å². The molecule has 298 valence electrons. The molecule has 1 spiro atoms. The largest absolute Gasteiger partial charge is 0.457 e. The van der Waals surface area contributed by atoms with Crippen LogP contribution in [0.2, 0.25) is 0 Å². The lowest BCUT2D eigenvalue weighted by molar-refractivity contribution is 0.436. The summed E-state index contributed by atoms with van der Waals surface area (Å²) in [5, 5.41) is 5.06. The van der Waals surface area contributed by atoms with Crippen LogP contribution in [0.25, 0.3) is 93.0 Å².